The lowest BCUT2D eigenvalue weighted by atomic mass is 10.0. The molecular formula is C22H30N2O3. The van der Waals surface area contributed by atoms with Crippen LogP contribution in [0.25, 0.3) is 0 Å². The third-order valence-electron chi connectivity index (χ3n) is 4.84. The molecule has 0 heterocycles. The fourth-order valence-electron chi connectivity index (χ4n) is 3.26. The predicted molar refractivity (Wildman–Crippen MR) is 108 cm³/mol. The van der Waals surface area contributed by atoms with Crippen molar-refractivity contribution in [1.29, 1.82) is 0 Å². The summed E-state index contributed by atoms with van der Waals surface area (Å²) in [5, 5.41) is 3.00. The maximum Gasteiger partial charge on any atom is 0.237 e. The minimum atomic E-state index is -0.248. The second-order valence-electron chi connectivity index (χ2n) is 6.88. The lowest BCUT2D eigenvalue weighted by molar-refractivity contribution is -0.125. The van der Waals surface area contributed by atoms with Gasteiger partial charge in [-0.15, -0.1) is 0 Å². The van der Waals surface area contributed by atoms with Gasteiger partial charge in [0, 0.05) is 18.7 Å². The largest absolute Gasteiger partial charge is 0.496 e. The van der Waals surface area contributed by atoms with Crippen molar-refractivity contribution in [2.24, 2.45) is 0 Å². The summed E-state index contributed by atoms with van der Waals surface area (Å²) in [6, 6.07) is 11.7. The van der Waals surface area contributed by atoms with E-state index in [-0.39, 0.29) is 11.9 Å². The van der Waals surface area contributed by atoms with Crippen LogP contribution in [0.2, 0.25) is 0 Å². The van der Waals surface area contributed by atoms with Crippen molar-refractivity contribution in [2.45, 2.75) is 39.9 Å². The van der Waals surface area contributed by atoms with Crippen LogP contribution in [0, 0.1) is 13.8 Å². The highest BCUT2D eigenvalue weighted by Crippen LogP contribution is 2.25. The Labute approximate surface area is 162 Å². The van der Waals surface area contributed by atoms with Crippen LogP contribution >= 0.6 is 0 Å². The molecule has 0 aliphatic rings. The standard InChI is InChI=1S/C22H30N2O3/c1-15-11-18(12-16(2)21(15)27-6)14-24(4)17(3)22(25)23-13-19-9-7-8-10-20(19)26-5/h7-12,17H,13-14H2,1-6H3,(H,23,25). The number of carbonyl (C=O) groups is 1. The lowest BCUT2D eigenvalue weighted by Gasteiger charge is -2.25. The molecule has 1 N–H and O–H groups in total. The van der Waals surface area contributed by atoms with Gasteiger partial charge in [-0.25, -0.2) is 0 Å². The highest BCUT2D eigenvalue weighted by atomic mass is 16.5. The summed E-state index contributed by atoms with van der Waals surface area (Å²) in [5.41, 5.74) is 4.34. The zero-order chi connectivity index (χ0) is 20.0. The van der Waals surface area contributed by atoms with Gasteiger partial charge in [0.05, 0.1) is 20.3 Å². The predicted octanol–water partition coefficient (Wildman–Crippen LogP) is 3.46. The number of amides is 1. The summed E-state index contributed by atoms with van der Waals surface area (Å²) >= 11 is 0. The van der Waals surface area contributed by atoms with E-state index in [2.05, 4.69) is 17.4 Å². The molecule has 0 bridgehead atoms. The quantitative estimate of drug-likeness (QED) is 0.773. The van der Waals surface area contributed by atoms with Gasteiger partial charge < -0.3 is 14.8 Å². The first-order valence-electron chi connectivity index (χ1n) is 9.11. The van der Waals surface area contributed by atoms with E-state index in [9.17, 15) is 4.79 Å². The first-order chi connectivity index (χ1) is 12.9. The summed E-state index contributed by atoms with van der Waals surface area (Å²) in [4.78, 5) is 14.6. The Bertz CT molecular complexity index is 766. The number of nitrogens with one attached hydrogen (secondary N) is 1. The van der Waals surface area contributed by atoms with E-state index in [0.29, 0.717) is 13.1 Å². The van der Waals surface area contributed by atoms with Gasteiger partial charge in [0.15, 0.2) is 0 Å². The molecule has 0 aliphatic carbocycles. The van der Waals surface area contributed by atoms with Gasteiger partial charge in [0.2, 0.25) is 5.91 Å². The van der Waals surface area contributed by atoms with Crippen molar-refractivity contribution in [3.05, 3.63) is 58.7 Å². The molecule has 0 fully saturated rings. The highest BCUT2D eigenvalue weighted by Gasteiger charge is 2.19. The Kier molecular flexibility index (Phi) is 7.25. The zero-order valence-corrected chi connectivity index (χ0v) is 17.1. The van der Waals surface area contributed by atoms with Gasteiger partial charge in [-0.1, -0.05) is 30.3 Å². The minimum absolute atomic E-state index is 0.00892. The Balaban J connectivity index is 1.98. The molecule has 0 aromatic heterocycles. The number of ether oxygens (including phenoxy) is 2. The van der Waals surface area contributed by atoms with Crippen molar-refractivity contribution < 1.29 is 14.3 Å². The Hall–Kier alpha value is -2.53. The summed E-state index contributed by atoms with van der Waals surface area (Å²) in [6.07, 6.45) is 0. The molecule has 0 radical (unpaired) electrons. The number of likely N-dealkylation sites (N-methyl/N-ethyl adjacent to an activating group) is 1. The van der Waals surface area contributed by atoms with Crippen LogP contribution in [0.3, 0.4) is 0 Å². The first-order valence-corrected chi connectivity index (χ1v) is 9.11. The van der Waals surface area contributed by atoms with E-state index >= 15 is 0 Å². The van der Waals surface area contributed by atoms with Crippen LogP contribution in [0.15, 0.2) is 36.4 Å². The molecule has 0 spiro atoms. The number of hydrogen-bond donors (Lipinski definition) is 1. The molecule has 1 atom stereocenters. The number of hydrogen-bond acceptors (Lipinski definition) is 4. The molecule has 0 saturated heterocycles. The monoisotopic (exact) mass is 370 g/mol. The molecule has 1 unspecified atom stereocenters. The second-order valence-corrected chi connectivity index (χ2v) is 6.88. The van der Waals surface area contributed by atoms with Crippen molar-refractivity contribution >= 4 is 5.91 Å². The molecule has 2 rings (SSSR count). The van der Waals surface area contributed by atoms with Gasteiger partial charge in [0.1, 0.15) is 11.5 Å². The fraction of sp³-hybridized carbons (Fsp3) is 0.409. The van der Waals surface area contributed by atoms with E-state index < -0.39 is 0 Å². The second kappa shape index (κ2) is 9.42. The van der Waals surface area contributed by atoms with Crippen molar-refractivity contribution in [1.82, 2.24) is 10.2 Å². The number of aryl methyl sites for hydroxylation is 2. The zero-order valence-electron chi connectivity index (χ0n) is 17.1. The number of methoxy groups -OCH3 is 2. The van der Waals surface area contributed by atoms with Crippen molar-refractivity contribution in [3.63, 3.8) is 0 Å². The Morgan fingerprint density at radius 1 is 1.11 bits per heavy atom. The number of rotatable bonds is 8. The smallest absolute Gasteiger partial charge is 0.237 e. The summed E-state index contributed by atoms with van der Waals surface area (Å²) in [7, 11) is 5.29. The Morgan fingerprint density at radius 3 is 2.33 bits per heavy atom. The minimum Gasteiger partial charge on any atom is -0.496 e. The van der Waals surface area contributed by atoms with Gasteiger partial charge in [-0.2, -0.15) is 0 Å². The van der Waals surface area contributed by atoms with E-state index in [1.54, 1.807) is 14.2 Å². The van der Waals surface area contributed by atoms with Crippen LogP contribution in [0.1, 0.15) is 29.2 Å². The number of benzene rings is 2. The molecule has 2 aromatic rings. The maximum atomic E-state index is 12.6. The van der Waals surface area contributed by atoms with Crippen LogP contribution < -0.4 is 14.8 Å². The van der Waals surface area contributed by atoms with E-state index in [1.165, 1.54) is 0 Å². The normalized spacial score (nSPS) is 12.0. The van der Waals surface area contributed by atoms with Gasteiger partial charge in [-0.05, 0) is 50.6 Å². The molecular weight excluding hydrogens is 340 g/mol. The van der Waals surface area contributed by atoms with E-state index in [1.807, 2.05) is 57.0 Å². The average molecular weight is 370 g/mol. The van der Waals surface area contributed by atoms with Gasteiger partial charge >= 0.3 is 0 Å². The molecule has 0 aliphatic heterocycles. The number of para-hydroxylation sites is 1. The van der Waals surface area contributed by atoms with Crippen LogP contribution in [0.4, 0.5) is 0 Å². The first kappa shape index (κ1) is 20.8. The molecule has 5 heteroatoms. The number of nitrogens with zero attached hydrogens (tertiary/aromatic N) is 1. The van der Waals surface area contributed by atoms with Crippen LogP contribution in [-0.4, -0.2) is 38.1 Å². The average Bonchev–Trinajstić information content (AvgIpc) is 2.65. The maximum absolute atomic E-state index is 12.6. The molecule has 5 nitrogen and oxygen atoms in total. The Morgan fingerprint density at radius 2 is 1.74 bits per heavy atom. The van der Waals surface area contributed by atoms with Crippen molar-refractivity contribution in [3.8, 4) is 11.5 Å². The molecule has 146 valence electrons. The topological polar surface area (TPSA) is 50.8 Å². The van der Waals surface area contributed by atoms with Gasteiger partial charge in [-0.3, -0.25) is 9.69 Å². The van der Waals surface area contributed by atoms with Gasteiger partial charge in [0.25, 0.3) is 0 Å². The summed E-state index contributed by atoms with van der Waals surface area (Å²) in [6.45, 7) is 7.13. The molecule has 27 heavy (non-hydrogen) atoms. The lowest BCUT2D eigenvalue weighted by Crippen LogP contribution is -2.42. The fourth-order valence-corrected chi connectivity index (χ4v) is 3.26. The van der Waals surface area contributed by atoms with Crippen molar-refractivity contribution in [2.75, 3.05) is 21.3 Å². The van der Waals surface area contributed by atoms with Crippen LogP contribution in [0.5, 0.6) is 11.5 Å². The molecule has 0 saturated carbocycles. The SMILES string of the molecule is COc1ccccc1CNC(=O)C(C)N(C)Cc1cc(C)c(OC)c(C)c1. The van der Waals surface area contributed by atoms with Crippen LogP contribution in [-0.2, 0) is 17.9 Å². The molecule has 2 aromatic carbocycles. The van der Waals surface area contributed by atoms with E-state index in [0.717, 1.165) is 33.8 Å². The summed E-state index contributed by atoms with van der Waals surface area (Å²) < 4.78 is 10.8. The highest BCUT2D eigenvalue weighted by molar-refractivity contribution is 5.81. The summed E-state index contributed by atoms with van der Waals surface area (Å²) in [5.74, 6) is 1.69. The third kappa shape index (κ3) is 5.23. The third-order valence-corrected chi connectivity index (χ3v) is 4.84. The van der Waals surface area contributed by atoms with E-state index in [4.69, 9.17) is 9.47 Å². The molecule has 1 amide bonds. The number of carbonyl (C=O) groups excluding carboxylic acids is 1.